The first-order chi connectivity index (χ1) is 16.3. The average Bonchev–Trinajstić information content (AvgIpc) is 3.40. The smallest absolute Gasteiger partial charge is 0.242 e. The Balaban J connectivity index is 0.00000216. The lowest BCUT2D eigenvalue weighted by Gasteiger charge is -2.13. The molecule has 4 rings (SSSR count). The number of hydrogen-bond donors (Lipinski definition) is 2. The molecular weight excluding hydrogens is 501 g/mol. The number of unbranched alkanes of at least 4 members (excludes halogenated alkanes) is 1. The van der Waals surface area contributed by atoms with Gasteiger partial charge in [0.25, 0.3) is 0 Å². The van der Waals surface area contributed by atoms with Gasteiger partial charge in [-0.2, -0.15) is 0 Å². The molecule has 2 heterocycles. The average molecular weight is 535 g/mol. The molecule has 0 aliphatic carbocycles. The fraction of sp³-hybridized carbons (Fsp3) is 0.333. The second-order valence-corrected chi connectivity index (χ2v) is 9.22. The maximum absolute atomic E-state index is 12.4. The van der Waals surface area contributed by atoms with E-state index in [9.17, 15) is 4.79 Å². The molecule has 8 heteroatoms. The summed E-state index contributed by atoms with van der Waals surface area (Å²) in [4.78, 5) is 17.0. The number of aromatic nitrogens is 1. The first-order valence-electron chi connectivity index (χ1n) is 11.6. The number of hydrogen-bond acceptors (Lipinski definition) is 5. The van der Waals surface area contributed by atoms with E-state index in [0.29, 0.717) is 0 Å². The Morgan fingerprint density at radius 1 is 0.943 bits per heavy atom. The number of carbonyl (C=O) groups is 1. The van der Waals surface area contributed by atoms with Gasteiger partial charge in [0.1, 0.15) is 5.75 Å². The van der Waals surface area contributed by atoms with E-state index in [0.717, 1.165) is 67.5 Å². The van der Waals surface area contributed by atoms with Gasteiger partial charge in [-0.15, -0.1) is 36.6 Å². The molecule has 1 atom stereocenters. The summed E-state index contributed by atoms with van der Waals surface area (Å²) in [6.45, 7) is 0.734. The molecule has 1 saturated heterocycles. The number of anilines is 1. The standard InChI is InChI=1S/C27H31N3O2S.2ClH/c31-27(26-19-33-20-29-26)30-25-10-6-17-28-24(25)16-13-22-11-14-23(15-12-22)32-18-5-4-9-21-7-2-1-3-8-21;;/h1-3,6-8,10-12,14-15,17,26,29H,4-5,9,13,16,18-20H2,(H,30,31);2*1H. The van der Waals surface area contributed by atoms with Crippen molar-refractivity contribution in [1.29, 1.82) is 0 Å². The maximum atomic E-state index is 12.4. The molecule has 1 unspecified atom stereocenters. The molecule has 0 spiro atoms. The van der Waals surface area contributed by atoms with Gasteiger partial charge in [-0.05, 0) is 67.5 Å². The van der Waals surface area contributed by atoms with E-state index in [2.05, 4.69) is 58.1 Å². The third kappa shape index (κ3) is 9.37. The zero-order valence-corrected chi connectivity index (χ0v) is 22.1. The van der Waals surface area contributed by atoms with Gasteiger partial charge < -0.3 is 10.1 Å². The molecule has 1 aliphatic heterocycles. The summed E-state index contributed by atoms with van der Waals surface area (Å²) >= 11 is 1.74. The molecule has 5 nitrogen and oxygen atoms in total. The fourth-order valence-electron chi connectivity index (χ4n) is 3.82. The third-order valence-corrected chi connectivity index (χ3v) is 6.67. The number of rotatable bonds is 11. The predicted molar refractivity (Wildman–Crippen MR) is 150 cm³/mol. The number of pyridine rings is 1. The van der Waals surface area contributed by atoms with E-state index in [1.54, 1.807) is 18.0 Å². The quantitative estimate of drug-likeness (QED) is 0.309. The Morgan fingerprint density at radius 2 is 1.71 bits per heavy atom. The van der Waals surface area contributed by atoms with Crippen LogP contribution >= 0.6 is 36.6 Å². The Bertz CT molecular complexity index is 1020. The molecule has 0 saturated carbocycles. The van der Waals surface area contributed by atoms with E-state index in [1.165, 1.54) is 11.1 Å². The molecule has 1 fully saturated rings. The van der Waals surface area contributed by atoms with Crippen molar-refractivity contribution in [3.05, 3.63) is 89.7 Å². The number of thioether (sulfide) groups is 1. The largest absolute Gasteiger partial charge is 0.494 e. The van der Waals surface area contributed by atoms with E-state index < -0.39 is 0 Å². The van der Waals surface area contributed by atoms with Crippen molar-refractivity contribution in [1.82, 2.24) is 10.3 Å². The van der Waals surface area contributed by atoms with Crippen LogP contribution in [0.4, 0.5) is 5.69 Å². The molecule has 1 aromatic heterocycles. The zero-order valence-electron chi connectivity index (χ0n) is 19.7. The summed E-state index contributed by atoms with van der Waals surface area (Å²) in [6.07, 6.45) is 6.66. The molecule has 0 bridgehead atoms. The van der Waals surface area contributed by atoms with E-state index in [1.807, 2.05) is 24.3 Å². The molecule has 35 heavy (non-hydrogen) atoms. The Kier molecular flexibility index (Phi) is 13.0. The summed E-state index contributed by atoms with van der Waals surface area (Å²) in [7, 11) is 0. The third-order valence-electron chi connectivity index (χ3n) is 5.73. The van der Waals surface area contributed by atoms with Crippen molar-refractivity contribution < 1.29 is 9.53 Å². The van der Waals surface area contributed by atoms with Crippen LogP contribution in [0.1, 0.15) is 29.7 Å². The summed E-state index contributed by atoms with van der Waals surface area (Å²) in [5, 5.41) is 6.25. The summed E-state index contributed by atoms with van der Waals surface area (Å²) in [5.41, 5.74) is 4.32. The summed E-state index contributed by atoms with van der Waals surface area (Å²) < 4.78 is 5.91. The highest BCUT2D eigenvalue weighted by Crippen LogP contribution is 2.19. The normalized spacial score (nSPS) is 14.5. The SMILES string of the molecule is Cl.Cl.O=C(Nc1cccnc1CCc1ccc(OCCCCc2ccccc2)cc1)C1CSCN1. The summed E-state index contributed by atoms with van der Waals surface area (Å²) in [6, 6.07) is 22.5. The minimum Gasteiger partial charge on any atom is -0.494 e. The molecular formula is C27H33Cl2N3O2S. The van der Waals surface area contributed by atoms with Crippen LogP contribution in [0.25, 0.3) is 0 Å². The topological polar surface area (TPSA) is 63.2 Å². The maximum Gasteiger partial charge on any atom is 0.242 e. The number of halogens is 2. The highest BCUT2D eigenvalue weighted by Gasteiger charge is 2.23. The second kappa shape index (κ2) is 15.7. The van der Waals surface area contributed by atoms with Crippen LogP contribution in [0, 0.1) is 0 Å². The fourth-order valence-corrected chi connectivity index (χ4v) is 4.76. The number of benzene rings is 2. The highest BCUT2D eigenvalue weighted by atomic mass is 35.5. The van der Waals surface area contributed by atoms with Crippen molar-refractivity contribution in [2.24, 2.45) is 0 Å². The van der Waals surface area contributed by atoms with Crippen molar-refractivity contribution in [2.75, 3.05) is 23.6 Å². The lowest BCUT2D eigenvalue weighted by atomic mass is 10.1. The number of nitrogens with one attached hydrogen (secondary N) is 2. The van der Waals surface area contributed by atoms with Crippen LogP contribution in [-0.2, 0) is 24.1 Å². The van der Waals surface area contributed by atoms with Gasteiger partial charge in [0.15, 0.2) is 0 Å². The van der Waals surface area contributed by atoms with E-state index in [-0.39, 0.29) is 36.8 Å². The van der Waals surface area contributed by atoms with Crippen LogP contribution in [-0.4, -0.2) is 35.2 Å². The van der Waals surface area contributed by atoms with Gasteiger partial charge in [-0.1, -0.05) is 42.5 Å². The lowest BCUT2D eigenvalue weighted by molar-refractivity contribution is -0.117. The van der Waals surface area contributed by atoms with Crippen molar-refractivity contribution in [2.45, 2.75) is 38.1 Å². The van der Waals surface area contributed by atoms with Crippen molar-refractivity contribution >= 4 is 48.2 Å². The molecule has 2 N–H and O–H groups in total. The second-order valence-electron chi connectivity index (χ2n) is 8.19. The molecule has 1 amide bonds. The van der Waals surface area contributed by atoms with Gasteiger partial charge in [0.2, 0.25) is 5.91 Å². The van der Waals surface area contributed by atoms with Crippen molar-refractivity contribution in [3.8, 4) is 5.75 Å². The molecule has 0 radical (unpaired) electrons. The van der Waals surface area contributed by atoms with E-state index in [4.69, 9.17) is 4.74 Å². The van der Waals surface area contributed by atoms with E-state index >= 15 is 0 Å². The monoisotopic (exact) mass is 533 g/mol. The highest BCUT2D eigenvalue weighted by molar-refractivity contribution is 7.99. The minimum atomic E-state index is -0.131. The van der Waals surface area contributed by atoms with Crippen LogP contribution in [0.2, 0.25) is 0 Å². The van der Waals surface area contributed by atoms with Gasteiger partial charge >= 0.3 is 0 Å². The number of nitrogens with zero attached hydrogens (tertiary/aromatic N) is 1. The summed E-state index contributed by atoms with van der Waals surface area (Å²) in [5.74, 6) is 2.56. The predicted octanol–water partition coefficient (Wildman–Crippen LogP) is 5.71. The minimum absolute atomic E-state index is 0. The lowest BCUT2D eigenvalue weighted by Crippen LogP contribution is -2.37. The van der Waals surface area contributed by atoms with Gasteiger partial charge in [0.05, 0.1) is 24.0 Å². The van der Waals surface area contributed by atoms with Crippen LogP contribution in [0.15, 0.2) is 72.9 Å². The number of carbonyl (C=O) groups excluding carboxylic acids is 1. The molecule has 1 aliphatic rings. The van der Waals surface area contributed by atoms with Crippen LogP contribution in [0.3, 0.4) is 0 Å². The number of ether oxygens (including phenoxy) is 1. The first-order valence-corrected chi connectivity index (χ1v) is 12.7. The molecule has 2 aromatic carbocycles. The molecule has 188 valence electrons. The van der Waals surface area contributed by atoms with Crippen LogP contribution < -0.4 is 15.4 Å². The Morgan fingerprint density at radius 3 is 2.46 bits per heavy atom. The first kappa shape index (κ1) is 29.0. The van der Waals surface area contributed by atoms with Crippen molar-refractivity contribution in [3.63, 3.8) is 0 Å². The molecule has 3 aromatic rings. The van der Waals surface area contributed by atoms with Crippen LogP contribution in [0.5, 0.6) is 5.75 Å². The van der Waals surface area contributed by atoms with Gasteiger partial charge in [0, 0.05) is 17.8 Å². The van der Waals surface area contributed by atoms with Gasteiger partial charge in [-0.3, -0.25) is 15.1 Å². The number of amides is 1. The Labute approximate surface area is 224 Å². The number of aryl methyl sites for hydroxylation is 3. The Hall–Kier alpha value is -2.25. The zero-order chi connectivity index (χ0) is 22.7. The van der Waals surface area contributed by atoms with Gasteiger partial charge in [-0.25, -0.2) is 0 Å².